The number of carbonyl (C=O) groups excluding carboxylic acids is 1. The number of nitrogens with one attached hydrogen (secondary N) is 1. The fraction of sp³-hybridized carbons (Fsp3) is 0.733. The zero-order valence-electron chi connectivity index (χ0n) is 11.9. The lowest BCUT2D eigenvalue weighted by molar-refractivity contribution is -0.119. The van der Waals surface area contributed by atoms with E-state index in [0.717, 1.165) is 18.0 Å². The van der Waals surface area contributed by atoms with E-state index < -0.39 is 0 Å². The maximum Gasteiger partial charge on any atom is 0.230 e. The van der Waals surface area contributed by atoms with Crippen molar-refractivity contribution >= 4 is 17.7 Å². The predicted octanol–water partition coefficient (Wildman–Crippen LogP) is 3.15. The van der Waals surface area contributed by atoms with Crippen LogP contribution in [0.15, 0.2) is 17.6 Å². The molecule has 1 aromatic rings. The molecule has 0 spiro atoms. The normalized spacial score (nSPS) is 20.6. The van der Waals surface area contributed by atoms with Gasteiger partial charge in [0.1, 0.15) is 0 Å². The molecule has 0 radical (unpaired) electrons. The summed E-state index contributed by atoms with van der Waals surface area (Å²) in [6, 6.07) is 1.01. The molecule has 0 atom stereocenters. The van der Waals surface area contributed by atoms with E-state index in [2.05, 4.69) is 21.1 Å². The van der Waals surface area contributed by atoms with E-state index in [1.54, 1.807) is 11.8 Å². The lowest BCUT2D eigenvalue weighted by atomic mass is 10.2. The fourth-order valence-corrected chi connectivity index (χ4v) is 4.18. The first kappa shape index (κ1) is 14.0. The summed E-state index contributed by atoms with van der Waals surface area (Å²) in [6.07, 6.45) is 13.8. The number of hydrogen-bond donors (Lipinski definition) is 1. The molecule has 2 aliphatic carbocycles. The van der Waals surface area contributed by atoms with E-state index in [1.807, 2.05) is 6.20 Å². The third kappa shape index (κ3) is 3.37. The van der Waals surface area contributed by atoms with Crippen LogP contribution in [-0.2, 0) is 4.79 Å². The third-order valence-electron chi connectivity index (χ3n) is 4.40. The second-order valence-electron chi connectivity index (χ2n) is 5.89. The molecule has 1 amide bonds. The number of hydrogen-bond acceptors (Lipinski definition) is 3. The second-order valence-corrected chi connectivity index (χ2v) is 6.84. The molecule has 1 aromatic heterocycles. The first-order valence-corrected chi connectivity index (χ1v) is 8.76. The van der Waals surface area contributed by atoms with Crippen LogP contribution in [0.2, 0.25) is 0 Å². The van der Waals surface area contributed by atoms with Crippen LogP contribution in [0.1, 0.15) is 57.4 Å². The van der Waals surface area contributed by atoms with Gasteiger partial charge in [0.25, 0.3) is 0 Å². The van der Waals surface area contributed by atoms with Gasteiger partial charge in [0.2, 0.25) is 5.91 Å². The highest BCUT2D eigenvalue weighted by molar-refractivity contribution is 7.99. The van der Waals surface area contributed by atoms with E-state index >= 15 is 0 Å². The SMILES string of the molecule is O=C(CSc1nccn1C1CCCC1)NC1CCCC1. The van der Waals surface area contributed by atoms with Crippen LogP contribution in [0, 0.1) is 0 Å². The van der Waals surface area contributed by atoms with Gasteiger partial charge >= 0.3 is 0 Å². The Bertz CT molecular complexity index is 448. The van der Waals surface area contributed by atoms with E-state index in [1.165, 1.54) is 38.5 Å². The van der Waals surface area contributed by atoms with Crippen molar-refractivity contribution in [3.05, 3.63) is 12.4 Å². The average molecular weight is 293 g/mol. The molecule has 1 N–H and O–H groups in total. The Morgan fingerprint density at radius 2 is 1.95 bits per heavy atom. The van der Waals surface area contributed by atoms with Crippen LogP contribution in [0.3, 0.4) is 0 Å². The van der Waals surface area contributed by atoms with Gasteiger partial charge in [0.05, 0.1) is 5.75 Å². The van der Waals surface area contributed by atoms with Gasteiger partial charge < -0.3 is 9.88 Å². The Labute approximate surface area is 124 Å². The van der Waals surface area contributed by atoms with Crippen LogP contribution >= 0.6 is 11.8 Å². The van der Waals surface area contributed by atoms with Crippen molar-refractivity contribution in [2.75, 3.05) is 5.75 Å². The van der Waals surface area contributed by atoms with Crippen LogP contribution in [0.25, 0.3) is 0 Å². The molecule has 0 bridgehead atoms. The van der Waals surface area contributed by atoms with Gasteiger partial charge in [-0.05, 0) is 25.7 Å². The highest BCUT2D eigenvalue weighted by atomic mass is 32.2. The standard InChI is InChI=1S/C15H23N3OS/c19-14(17-12-5-1-2-6-12)11-20-15-16-9-10-18(15)13-7-3-4-8-13/h9-10,12-13H,1-8,11H2,(H,17,19). The molecule has 2 fully saturated rings. The fourth-order valence-electron chi connectivity index (χ4n) is 3.34. The van der Waals surface area contributed by atoms with Crippen molar-refractivity contribution in [3.8, 4) is 0 Å². The second kappa shape index (κ2) is 6.66. The van der Waals surface area contributed by atoms with Crippen LogP contribution in [0.4, 0.5) is 0 Å². The van der Waals surface area contributed by atoms with Crippen molar-refractivity contribution in [3.63, 3.8) is 0 Å². The largest absolute Gasteiger partial charge is 0.353 e. The van der Waals surface area contributed by atoms with E-state index in [9.17, 15) is 4.79 Å². The van der Waals surface area contributed by atoms with Gasteiger partial charge in [-0.2, -0.15) is 0 Å². The maximum absolute atomic E-state index is 12.0. The van der Waals surface area contributed by atoms with Gasteiger partial charge in [-0.1, -0.05) is 37.4 Å². The highest BCUT2D eigenvalue weighted by Crippen LogP contribution is 2.32. The predicted molar refractivity (Wildman–Crippen MR) is 80.9 cm³/mol. The Morgan fingerprint density at radius 1 is 1.25 bits per heavy atom. The zero-order valence-corrected chi connectivity index (χ0v) is 12.7. The smallest absolute Gasteiger partial charge is 0.230 e. The number of amides is 1. The third-order valence-corrected chi connectivity index (χ3v) is 5.38. The quantitative estimate of drug-likeness (QED) is 0.848. The number of imidazole rings is 1. The van der Waals surface area contributed by atoms with Crippen molar-refractivity contribution in [2.24, 2.45) is 0 Å². The Balaban J connectivity index is 1.50. The van der Waals surface area contributed by atoms with E-state index in [-0.39, 0.29) is 5.91 Å². The van der Waals surface area contributed by atoms with Crippen LogP contribution < -0.4 is 5.32 Å². The Hall–Kier alpha value is -0.970. The number of aromatic nitrogens is 2. The Morgan fingerprint density at radius 3 is 2.70 bits per heavy atom. The molecule has 3 rings (SSSR count). The molecule has 4 nitrogen and oxygen atoms in total. The molecule has 0 aliphatic heterocycles. The summed E-state index contributed by atoms with van der Waals surface area (Å²) in [4.78, 5) is 16.4. The minimum Gasteiger partial charge on any atom is -0.353 e. The summed E-state index contributed by atoms with van der Waals surface area (Å²) in [5.74, 6) is 0.642. The number of rotatable bonds is 5. The minimum atomic E-state index is 0.155. The van der Waals surface area contributed by atoms with E-state index in [4.69, 9.17) is 0 Å². The summed E-state index contributed by atoms with van der Waals surface area (Å²) in [7, 11) is 0. The minimum absolute atomic E-state index is 0.155. The van der Waals surface area contributed by atoms with Gasteiger partial charge in [-0.15, -0.1) is 0 Å². The van der Waals surface area contributed by atoms with Gasteiger partial charge in [-0.3, -0.25) is 4.79 Å². The molecule has 5 heteroatoms. The molecule has 0 saturated heterocycles. The number of thioether (sulfide) groups is 1. The first-order chi connectivity index (χ1) is 9.83. The monoisotopic (exact) mass is 293 g/mol. The first-order valence-electron chi connectivity index (χ1n) is 7.78. The molecule has 20 heavy (non-hydrogen) atoms. The lowest BCUT2D eigenvalue weighted by Gasteiger charge is -2.15. The summed E-state index contributed by atoms with van der Waals surface area (Å²) in [5.41, 5.74) is 0. The van der Waals surface area contributed by atoms with E-state index in [0.29, 0.717) is 17.8 Å². The van der Waals surface area contributed by atoms with Crippen molar-refractivity contribution < 1.29 is 4.79 Å². The summed E-state index contributed by atoms with van der Waals surface area (Å²) in [5, 5.41) is 4.13. The summed E-state index contributed by atoms with van der Waals surface area (Å²) < 4.78 is 2.26. The highest BCUT2D eigenvalue weighted by Gasteiger charge is 2.21. The maximum atomic E-state index is 12.0. The van der Waals surface area contributed by atoms with Crippen LogP contribution in [0.5, 0.6) is 0 Å². The summed E-state index contributed by atoms with van der Waals surface area (Å²) >= 11 is 1.57. The van der Waals surface area contributed by atoms with Crippen LogP contribution in [-0.4, -0.2) is 27.3 Å². The number of carbonyl (C=O) groups is 1. The molecular formula is C15H23N3OS. The van der Waals surface area contributed by atoms with Crippen molar-refractivity contribution in [1.29, 1.82) is 0 Å². The average Bonchev–Trinajstić information content (AvgIpc) is 3.18. The molecule has 110 valence electrons. The molecule has 0 aromatic carbocycles. The molecule has 2 saturated carbocycles. The molecule has 2 aliphatic rings. The molecule has 1 heterocycles. The summed E-state index contributed by atoms with van der Waals surface area (Å²) in [6.45, 7) is 0. The van der Waals surface area contributed by atoms with Gasteiger partial charge in [0, 0.05) is 24.5 Å². The molecular weight excluding hydrogens is 270 g/mol. The van der Waals surface area contributed by atoms with Crippen molar-refractivity contribution in [1.82, 2.24) is 14.9 Å². The molecule has 0 unspecified atom stereocenters. The van der Waals surface area contributed by atoms with Gasteiger partial charge in [0.15, 0.2) is 5.16 Å². The van der Waals surface area contributed by atoms with Gasteiger partial charge in [-0.25, -0.2) is 4.98 Å². The van der Waals surface area contributed by atoms with Crippen molar-refractivity contribution in [2.45, 2.75) is 68.6 Å². The zero-order chi connectivity index (χ0) is 13.8. The lowest BCUT2D eigenvalue weighted by Crippen LogP contribution is -2.33. The topological polar surface area (TPSA) is 46.9 Å². The Kier molecular flexibility index (Phi) is 4.65. The number of nitrogens with zero attached hydrogens (tertiary/aromatic N) is 2.